The first-order valence-corrected chi connectivity index (χ1v) is 11.0. The van der Waals surface area contributed by atoms with Gasteiger partial charge in [0, 0.05) is 39.1 Å². The molecule has 3 aliphatic rings. The number of methoxy groups -OCH3 is 1. The summed E-state index contributed by atoms with van der Waals surface area (Å²) in [5, 5.41) is 2.86. The number of benzene rings is 2. The van der Waals surface area contributed by atoms with Crippen LogP contribution in [0, 0.1) is 0 Å². The van der Waals surface area contributed by atoms with Crippen molar-refractivity contribution in [2.24, 2.45) is 5.73 Å². The number of carbonyl (C=O) groups is 3. The number of carbonyl (C=O) groups excluding carboxylic acids is 3. The van der Waals surface area contributed by atoms with Gasteiger partial charge in [-0.05, 0) is 43.2 Å². The molecule has 1 atom stereocenters. The number of nitrogens with zero attached hydrogens (tertiary/aromatic N) is 1. The zero-order chi connectivity index (χ0) is 22.6. The van der Waals surface area contributed by atoms with Crippen molar-refractivity contribution < 1.29 is 19.1 Å². The van der Waals surface area contributed by atoms with Crippen LogP contribution in [0.5, 0.6) is 0 Å². The van der Waals surface area contributed by atoms with Gasteiger partial charge in [0.15, 0.2) is 5.78 Å². The minimum absolute atomic E-state index is 0.0423. The second-order valence-electron chi connectivity index (χ2n) is 7.91. The second kappa shape index (κ2) is 7.34. The highest BCUT2D eigenvalue weighted by atomic mass is 79.9. The van der Waals surface area contributed by atoms with Crippen LogP contribution in [0.1, 0.15) is 24.8 Å². The van der Waals surface area contributed by atoms with Crippen molar-refractivity contribution in [2.45, 2.75) is 24.7 Å². The second-order valence-corrected chi connectivity index (χ2v) is 8.83. The van der Waals surface area contributed by atoms with E-state index in [1.807, 2.05) is 24.3 Å². The Kier molecular flexibility index (Phi) is 4.70. The van der Waals surface area contributed by atoms with Crippen molar-refractivity contribution in [3.8, 4) is 0 Å². The van der Waals surface area contributed by atoms with Gasteiger partial charge >= 0.3 is 5.97 Å². The van der Waals surface area contributed by atoms with Gasteiger partial charge in [-0.1, -0.05) is 34.1 Å². The monoisotopic (exact) mass is 493 g/mol. The van der Waals surface area contributed by atoms with Gasteiger partial charge in [-0.2, -0.15) is 0 Å². The number of esters is 1. The maximum absolute atomic E-state index is 13.7. The van der Waals surface area contributed by atoms with Crippen LogP contribution in [0.3, 0.4) is 0 Å². The summed E-state index contributed by atoms with van der Waals surface area (Å²) in [5.74, 6) is -1.31. The summed E-state index contributed by atoms with van der Waals surface area (Å²) in [4.78, 5) is 42.0. The number of fused-ring (bicyclic) bond motifs is 3. The van der Waals surface area contributed by atoms with Crippen molar-refractivity contribution in [3.63, 3.8) is 0 Å². The number of ketones is 1. The van der Waals surface area contributed by atoms with E-state index in [2.05, 4.69) is 21.2 Å². The third-order valence-electron chi connectivity index (χ3n) is 6.30. The number of para-hydroxylation sites is 1. The zero-order valence-corrected chi connectivity index (χ0v) is 18.9. The van der Waals surface area contributed by atoms with Crippen molar-refractivity contribution in [2.75, 3.05) is 17.3 Å². The lowest BCUT2D eigenvalue weighted by molar-refractivity contribution is -0.138. The third-order valence-corrected chi connectivity index (χ3v) is 6.82. The summed E-state index contributed by atoms with van der Waals surface area (Å²) in [5.41, 5.74) is 7.68. The smallest absolute Gasteiger partial charge is 0.339 e. The highest BCUT2D eigenvalue weighted by molar-refractivity contribution is 9.10. The molecule has 162 valence electrons. The molecule has 1 amide bonds. The molecule has 0 saturated heterocycles. The molecule has 2 aromatic carbocycles. The first kappa shape index (κ1) is 20.5. The lowest BCUT2D eigenvalue weighted by Crippen LogP contribution is -2.53. The summed E-state index contributed by atoms with van der Waals surface area (Å²) >= 11 is 3.43. The Labute approximate surface area is 193 Å². The fourth-order valence-electron chi connectivity index (χ4n) is 5.05. The Hall–Kier alpha value is -3.39. The average Bonchev–Trinajstić information content (AvgIpc) is 3.07. The maximum Gasteiger partial charge on any atom is 0.339 e. The molecule has 1 aliphatic carbocycles. The standard InChI is InChI=1S/C24H20BrN3O4/c1-32-22(30)20-21(26)28(14-11-9-13(25)10-12-14)17-7-4-8-18(29)19(17)24(20)15-5-2-3-6-16(15)27-23(24)31/h2-3,5-6,9-12H,4,7-8,26H2,1H3,(H,27,31). The molecule has 2 aliphatic heterocycles. The van der Waals surface area contributed by atoms with Crippen LogP contribution >= 0.6 is 15.9 Å². The Morgan fingerprint density at radius 1 is 1.12 bits per heavy atom. The van der Waals surface area contributed by atoms with Gasteiger partial charge in [0.25, 0.3) is 0 Å². The van der Waals surface area contributed by atoms with Crippen LogP contribution in [-0.2, 0) is 24.5 Å². The Balaban J connectivity index is 1.90. The molecule has 8 heteroatoms. The molecule has 2 heterocycles. The van der Waals surface area contributed by atoms with Crippen molar-refractivity contribution in [3.05, 3.63) is 81.2 Å². The van der Waals surface area contributed by atoms with E-state index in [1.54, 1.807) is 29.2 Å². The molecule has 32 heavy (non-hydrogen) atoms. The summed E-state index contributed by atoms with van der Waals surface area (Å²) < 4.78 is 5.98. The van der Waals surface area contributed by atoms with E-state index in [1.165, 1.54) is 7.11 Å². The van der Waals surface area contributed by atoms with Gasteiger partial charge in [0.1, 0.15) is 16.8 Å². The van der Waals surface area contributed by atoms with E-state index in [-0.39, 0.29) is 17.2 Å². The Morgan fingerprint density at radius 3 is 2.56 bits per heavy atom. The Bertz CT molecular complexity index is 1250. The van der Waals surface area contributed by atoms with E-state index in [0.29, 0.717) is 47.5 Å². The van der Waals surface area contributed by atoms with Crippen LogP contribution in [-0.4, -0.2) is 24.8 Å². The number of allylic oxidation sites excluding steroid dienone is 1. The summed E-state index contributed by atoms with van der Waals surface area (Å²) in [6, 6.07) is 14.5. The molecule has 2 aromatic rings. The van der Waals surface area contributed by atoms with E-state index in [0.717, 1.165) is 4.47 Å². The summed E-state index contributed by atoms with van der Waals surface area (Å²) in [6.45, 7) is 0. The van der Waals surface area contributed by atoms with Crippen LogP contribution in [0.4, 0.5) is 11.4 Å². The molecule has 1 spiro atoms. The Morgan fingerprint density at radius 2 is 1.84 bits per heavy atom. The normalized spacial score (nSPS) is 22.1. The van der Waals surface area contributed by atoms with Gasteiger partial charge in [-0.25, -0.2) is 4.79 Å². The van der Waals surface area contributed by atoms with Gasteiger partial charge in [-0.15, -0.1) is 0 Å². The topological polar surface area (TPSA) is 102 Å². The van der Waals surface area contributed by atoms with Crippen molar-refractivity contribution >= 4 is 45.0 Å². The van der Waals surface area contributed by atoms with Gasteiger partial charge in [-0.3, -0.25) is 14.5 Å². The van der Waals surface area contributed by atoms with Gasteiger partial charge in [0.2, 0.25) is 5.91 Å². The molecule has 0 bridgehead atoms. The molecular weight excluding hydrogens is 474 g/mol. The molecule has 0 radical (unpaired) electrons. The molecule has 0 aromatic heterocycles. The highest BCUT2D eigenvalue weighted by Crippen LogP contribution is 2.55. The number of Topliss-reactive ketones (excluding diaryl/α,β-unsaturated/α-hetero) is 1. The maximum atomic E-state index is 13.7. The number of hydrogen-bond donors (Lipinski definition) is 2. The number of amides is 1. The largest absolute Gasteiger partial charge is 0.466 e. The summed E-state index contributed by atoms with van der Waals surface area (Å²) in [7, 11) is 1.24. The number of hydrogen-bond acceptors (Lipinski definition) is 6. The van der Waals surface area contributed by atoms with E-state index < -0.39 is 17.3 Å². The first-order chi connectivity index (χ1) is 15.4. The van der Waals surface area contributed by atoms with Gasteiger partial charge < -0.3 is 15.8 Å². The lowest BCUT2D eigenvalue weighted by atomic mass is 9.63. The van der Waals surface area contributed by atoms with Crippen LogP contribution in [0.2, 0.25) is 0 Å². The fourth-order valence-corrected chi connectivity index (χ4v) is 5.31. The fraction of sp³-hybridized carbons (Fsp3) is 0.208. The molecule has 0 saturated carbocycles. The third kappa shape index (κ3) is 2.62. The predicted molar refractivity (Wildman–Crippen MR) is 122 cm³/mol. The lowest BCUT2D eigenvalue weighted by Gasteiger charge is -2.44. The van der Waals surface area contributed by atoms with Crippen molar-refractivity contribution in [1.82, 2.24) is 0 Å². The quantitative estimate of drug-likeness (QED) is 0.620. The van der Waals surface area contributed by atoms with Crippen molar-refractivity contribution in [1.29, 1.82) is 0 Å². The first-order valence-electron chi connectivity index (χ1n) is 10.2. The van der Waals surface area contributed by atoms with Crippen LogP contribution in [0.25, 0.3) is 0 Å². The molecule has 7 nitrogen and oxygen atoms in total. The number of halogens is 1. The number of nitrogens with two attached hydrogens (primary N) is 1. The van der Waals surface area contributed by atoms with Crippen LogP contribution in [0.15, 0.2) is 75.7 Å². The van der Waals surface area contributed by atoms with E-state index in [4.69, 9.17) is 10.5 Å². The average molecular weight is 494 g/mol. The molecule has 5 rings (SSSR count). The molecule has 1 unspecified atom stereocenters. The number of anilines is 2. The number of rotatable bonds is 2. The molecule has 3 N–H and O–H groups in total. The summed E-state index contributed by atoms with van der Waals surface area (Å²) in [6.07, 6.45) is 1.47. The number of ether oxygens (including phenoxy) is 1. The van der Waals surface area contributed by atoms with Gasteiger partial charge in [0.05, 0.1) is 7.11 Å². The number of nitrogens with one attached hydrogen (secondary N) is 1. The SMILES string of the molecule is COC(=O)C1=C(N)N(c2ccc(Br)cc2)C2=C(C(=O)CCC2)C12C(=O)Nc1ccccc12. The minimum atomic E-state index is -1.65. The predicted octanol–water partition coefficient (Wildman–Crippen LogP) is 3.51. The zero-order valence-electron chi connectivity index (χ0n) is 17.3. The molecular formula is C24H20BrN3O4. The van der Waals surface area contributed by atoms with E-state index >= 15 is 0 Å². The van der Waals surface area contributed by atoms with Crippen LogP contribution < -0.4 is 16.0 Å². The minimum Gasteiger partial charge on any atom is -0.466 e. The van der Waals surface area contributed by atoms with E-state index in [9.17, 15) is 14.4 Å². The molecule has 0 fully saturated rings. The highest BCUT2D eigenvalue weighted by Gasteiger charge is 2.61.